The zero-order chi connectivity index (χ0) is 14.0. The van der Waals surface area contributed by atoms with Crippen LogP contribution in [-0.2, 0) is 9.53 Å². The molecule has 3 rings (SSSR count). The number of nitrogens with zero attached hydrogens (tertiary/aromatic N) is 1. The van der Waals surface area contributed by atoms with Crippen LogP contribution in [0, 0.1) is 0 Å². The smallest absolute Gasteiger partial charge is 0.242 e. The highest BCUT2D eigenvalue weighted by Crippen LogP contribution is 2.42. The maximum atomic E-state index is 12.8. The highest BCUT2D eigenvalue weighted by molar-refractivity contribution is 8.00. The Bertz CT molecular complexity index is 352. The summed E-state index contributed by atoms with van der Waals surface area (Å²) in [6.07, 6.45) is 6.59. The van der Waals surface area contributed by atoms with Gasteiger partial charge in [0.15, 0.2) is 0 Å². The van der Waals surface area contributed by atoms with Crippen molar-refractivity contribution in [2.45, 2.75) is 55.9 Å². The lowest BCUT2D eigenvalue weighted by atomic mass is 9.87. The first-order valence-electron chi connectivity index (χ1n) is 7.98. The lowest BCUT2D eigenvalue weighted by Crippen LogP contribution is -2.60. The molecule has 0 aromatic rings. The number of rotatable bonds is 1. The molecule has 2 aliphatic heterocycles. The van der Waals surface area contributed by atoms with E-state index in [9.17, 15) is 4.79 Å². The van der Waals surface area contributed by atoms with E-state index < -0.39 is 0 Å². The fourth-order valence-electron chi connectivity index (χ4n) is 3.74. The minimum Gasteiger partial charge on any atom is -0.375 e. The molecule has 20 heavy (non-hydrogen) atoms. The number of thioether (sulfide) groups is 1. The second kappa shape index (κ2) is 6.24. The first kappa shape index (κ1) is 14.7. The molecule has 5 heteroatoms. The molecular weight excluding hydrogens is 272 g/mol. The van der Waals surface area contributed by atoms with Gasteiger partial charge in [-0.2, -0.15) is 11.8 Å². The Morgan fingerprint density at radius 3 is 2.90 bits per heavy atom. The summed E-state index contributed by atoms with van der Waals surface area (Å²) in [4.78, 5) is 14.9. The van der Waals surface area contributed by atoms with Crippen LogP contribution >= 0.6 is 11.8 Å². The number of hydrogen-bond acceptors (Lipinski definition) is 4. The van der Waals surface area contributed by atoms with Gasteiger partial charge in [0.05, 0.1) is 12.7 Å². The van der Waals surface area contributed by atoms with Crippen molar-refractivity contribution >= 4 is 17.7 Å². The van der Waals surface area contributed by atoms with Gasteiger partial charge in [-0.25, -0.2) is 0 Å². The van der Waals surface area contributed by atoms with E-state index >= 15 is 0 Å². The summed E-state index contributed by atoms with van der Waals surface area (Å²) in [6, 6.07) is -0.146. The predicted molar refractivity (Wildman–Crippen MR) is 82.1 cm³/mol. The fraction of sp³-hybridized carbons (Fsp3) is 0.933. The Hall–Kier alpha value is -0.260. The van der Waals surface area contributed by atoms with Gasteiger partial charge in [-0.05, 0) is 19.8 Å². The van der Waals surface area contributed by atoms with Gasteiger partial charge in [0.25, 0.3) is 0 Å². The molecule has 2 saturated heterocycles. The predicted octanol–water partition coefficient (Wildman–Crippen LogP) is 1.64. The summed E-state index contributed by atoms with van der Waals surface area (Å²) < 4.78 is 5.98. The van der Waals surface area contributed by atoms with Gasteiger partial charge in [-0.1, -0.05) is 19.3 Å². The maximum absolute atomic E-state index is 12.8. The Kier molecular flexibility index (Phi) is 4.58. The molecule has 1 spiro atoms. The summed E-state index contributed by atoms with van der Waals surface area (Å²) in [5.41, 5.74) is 0. The number of nitrogens with one attached hydrogen (secondary N) is 1. The molecule has 1 aliphatic carbocycles. The van der Waals surface area contributed by atoms with Crippen molar-refractivity contribution in [2.75, 3.05) is 32.0 Å². The monoisotopic (exact) mass is 298 g/mol. The molecule has 0 unspecified atom stereocenters. The summed E-state index contributed by atoms with van der Waals surface area (Å²) >= 11 is 2.11. The van der Waals surface area contributed by atoms with Crippen LogP contribution in [0.3, 0.4) is 0 Å². The molecule has 0 aromatic carbocycles. The van der Waals surface area contributed by atoms with Gasteiger partial charge in [0, 0.05) is 30.1 Å². The number of morpholine rings is 1. The molecule has 0 bridgehead atoms. The normalized spacial score (nSPS) is 34.1. The van der Waals surface area contributed by atoms with Gasteiger partial charge in [-0.3, -0.25) is 4.79 Å². The average molecular weight is 298 g/mol. The fourth-order valence-corrected chi connectivity index (χ4v) is 5.31. The van der Waals surface area contributed by atoms with Crippen LogP contribution in [-0.4, -0.2) is 59.7 Å². The van der Waals surface area contributed by atoms with E-state index in [0.29, 0.717) is 11.4 Å². The molecule has 0 radical (unpaired) electrons. The van der Waals surface area contributed by atoms with Crippen molar-refractivity contribution in [2.24, 2.45) is 0 Å². The number of carbonyl (C=O) groups excluding carboxylic acids is 1. The van der Waals surface area contributed by atoms with E-state index in [1.807, 2.05) is 6.92 Å². The molecule has 1 saturated carbocycles. The van der Waals surface area contributed by atoms with E-state index in [0.717, 1.165) is 25.4 Å². The van der Waals surface area contributed by atoms with Crippen molar-refractivity contribution < 1.29 is 9.53 Å². The first-order valence-corrected chi connectivity index (χ1v) is 8.97. The van der Waals surface area contributed by atoms with Gasteiger partial charge < -0.3 is 15.0 Å². The molecule has 1 amide bonds. The highest BCUT2D eigenvalue weighted by atomic mass is 32.2. The Balaban J connectivity index is 1.65. The third-order valence-electron chi connectivity index (χ3n) is 4.91. The van der Waals surface area contributed by atoms with Crippen molar-refractivity contribution in [1.82, 2.24) is 10.2 Å². The van der Waals surface area contributed by atoms with E-state index in [4.69, 9.17) is 4.74 Å². The topological polar surface area (TPSA) is 41.6 Å². The number of carbonyl (C=O) groups is 1. The van der Waals surface area contributed by atoms with E-state index in [1.165, 1.54) is 32.1 Å². The summed E-state index contributed by atoms with van der Waals surface area (Å²) in [7, 11) is 0. The Morgan fingerprint density at radius 2 is 2.15 bits per heavy atom. The van der Waals surface area contributed by atoms with Crippen LogP contribution in [0.25, 0.3) is 0 Å². The van der Waals surface area contributed by atoms with Crippen LogP contribution in [0.15, 0.2) is 0 Å². The minimum absolute atomic E-state index is 0.00636. The third-order valence-corrected chi connectivity index (χ3v) is 6.44. The van der Waals surface area contributed by atoms with Crippen LogP contribution in [0.1, 0.15) is 39.0 Å². The van der Waals surface area contributed by atoms with Gasteiger partial charge in [-0.15, -0.1) is 0 Å². The van der Waals surface area contributed by atoms with E-state index in [1.54, 1.807) is 0 Å². The highest BCUT2D eigenvalue weighted by Gasteiger charge is 2.41. The molecule has 4 nitrogen and oxygen atoms in total. The van der Waals surface area contributed by atoms with Gasteiger partial charge >= 0.3 is 0 Å². The molecule has 2 atom stereocenters. The lowest BCUT2D eigenvalue weighted by Gasteiger charge is -2.46. The number of hydrogen-bond donors (Lipinski definition) is 1. The van der Waals surface area contributed by atoms with Crippen LogP contribution in [0.5, 0.6) is 0 Å². The van der Waals surface area contributed by atoms with Crippen LogP contribution in [0.2, 0.25) is 0 Å². The maximum Gasteiger partial charge on any atom is 0.242 e. The first-order chi connectivity index (χ1) is 9.70. The zero-order valence-corrected chi connectivity index (χ0v) is 13.2. The summed E-state index contributed by atoms with van der Waals surface area (Å²) in [5.74, 6) is 1.34. The van der Waals surface area contributed by atoms with Crippen molar-refractivity contribution in [3.8, 4) is 0 Å². The average Bonchev–Trinajstić information content (AvgIpc) is 2.48. The van der Waals surface area contributed by atoms with Crippen molar-refractivity contribution in [3.05, 3.63) is 0 Å². The SMILES string of the molecule is C[C@H]1OCCN[C@@H]1C(=O)N1CCSC2(CCCCC2)C1. The summed E-state index contributed by atoms with van der Waals surface area (Å²) in [6.45, 7) is 5.35. The molecule has 3 aliphatic rings. The van der Waals surface area contributed by atoms with Gasteiger partial charge in [0.2, 0.25) is 5.91 Å². The molecule has 114 valence electrons. The van der Waals surface area contributed by atoms with Crippen molar-refractivity contribution in [3.63, 3.8) is 0 Å². The molecular formula is C15H26N2O2S. The third kappa shape index (κ3) is 3.00. The largest absolute Gasteiger partial charge is 0.375 e. The number of amides is 1. The zero-order valence-electron chi connectivity index (χ0n) is 12.4. The van der Waals surface area contributed by atoms with Crippen molar-refractivity contribution in [1.29, 1.82) is 0 Å². The van der Waals surface area contributed by atoms with Gasteiger partial charge in [0.1, 0.15) is 6.04 Å². The molecule has 1 N–H and O–H groups in total. The second-order valence-electron chi connectivity index (χ2n) is 6.36. The second-order valence-corrected chi connectivity index (χ2v) is 7.92. The van der Waals surface area contributed by atoms with Crippen LogP contribution < -0.4 is 5.32 Å². The van der Waals surface area contributed by atoms with E-state index in [2.05, 4.69) is 22.0 Å². The molecule has 2 heterocycles. The van der Waals surface area contributed by atoms with E-state index in [-0.39, 0.29) is 18.1 Å². The Morgan fingerprint density at radius 1 is 1.35 bits per heavy atom. The standard InChI is InChI=1S/C15H26N2O2S/c1-12-13(16-7-9-19-12)14(18)17-8-10-20-15(11-17)5-3-2-4-6-15/h12-13,16H,2-11H2,1H3/t12-,13+/m1/s1. The van der Waals surface area contributed by atoms with Crippen LogP contribution in [0.4, 0.5) is 0 Å². The molecule has 3 fully saturated rings. The quantitative estimate of drug-likeness (QED) is 0.799. The molecule has 0 aromatic heterocycles. The lowest BCUT2D eigenvalue weighted by molar-refractivity contribution is -0.140. The Labute approximate surface area is 126 Å². The number of ether oxygens (including phenoxy) is 1. The minimum atomic E-state index is -0.146. The summed E-state index contributed by atoms with van der Waals surface area (Å²) in [5, 5.41) is 3.33.